The lowest BCUT2D eigenvalue weighted by Gasteiger charge is -2.43. The Balaban J connectivity index is 1.97. The topological polar surface area (TPSA) is 15.3 Å². The number of piperazine rings is 1. The van der Waals surface area contributed by atoms with Crippen LogP contribution in [-0.2, 0) is 0 Å². The first-order valence-corrected chi connectivity index (χ1v) is 6.38. The quantitative estimate of drug-likeness (QED) is 0.711. The first-order valence-electron chi connectivity index (χ1n) is 6.38. The first kappa shape index (κ1) is 11.2. The summed E-state index contributed by atoms with van der Waals surface area (Å²) in [6, 6.07) is 1.97. The van der Waals surface area contributed by atoms with Gasteiger partial charge >= 0.3 is 0 Å². The standard InChI is InChI=1S/C13H24N2/c1-4-10(3)15-9-13(11-6-7-11)14-8-12(15)5-2/h4,10-14H,1,5-9H2,2-3H3. The Bertz CT molecular complexity index is 223. The van der Waals surface area contributed by atoms with Crippen LogP contribution in [0, 0.1) is 5.92 Å². The molecule has 0 radical (unpaired) electrons. The summed E-state index contributed by atoms with van der Waals surface area (Å²) in [5, 5.41) is 3.72. The van der Waals surface area contributed by atoms with E-state index in [2.05, 4.69) is 36.7 Å². The molecule has 2 aliphatic rings. The molecule has 2 rings (SSSR count). The highest BCUT2D eigenvalue weighted by atomic mass is 15.3. The molecule has 0 amide bonds. The summed E-state index contributed by atoms with van der Waals surface area (Å²) in [6.45, 7) is 10.9. The molecule has 0 spiro atoms. The molecule has 1 aliphatic carbocycles. The molecule has 1 heterocycles. The van der Waals surface area contributed by atoms with E-state index in [1.807, 2.05) is 0 Å². The van der Waals surface area contributed by atoms with Gasteiger partial charge in [-0.1, -0.05) is 13.0 Å². The van der Waals surface area contributed by atoms with Crippen molar-refractivity contribution in [1.29, 1.82) is 0 Å². The van der Waals surface area contributed by atoms with E-state index in [1.165, 1.54) is 25.8 Å². The summed E-state index contributed by atoms with van der Waals surface area (Å²) in [6.07, 6.45) is 6.19. The molecule has 0 bridgehead atoms. The van der Waals surface area contributed by atoms with E-state index >= 15 is 0 Å². The third-order valence-electron chi connectivity index (χ3n) is 4.02. The van der Waals surface area contributed by atoms with Crippen molar-refractivity contribution in [1.82, 2.24) is 10.2 Å². The number of rotatable bonds is 4. The molecule has 1 saturated heterocycles. The molecular formula is C13H24N2. The van der Waals surface area contributed by atoms with Gasteiger partial charge in [-0.15, -0.1) is 6.58 Å². The SMILES string of the molecule is C=CC(C)N1CC(C2CC2)NCC1CC. The second-order valence-electron chi connectivity index (χ2n) is 5.09. The second kappa shape index (κ2) is 4.67. The van der Waals surface area contributed by atoms with Crippen LogP contribution in [-0.4, -0.2) is 36.1 Å². The largest absolute Gasteiger partial charge is 0.311 e. The maximum absolute atomic E-state index is 3.93. The molecule has 2 nitrogen and oxygen atoms in total. The fourth-order valence-corrected chi connectivity index (χ4v) is 2.67. The predicted octanol–water partition coefficient (Wildman–Crippen LogP) is 2.02. The lowest BCUT2D eigenvalue weighted by Crippen LogP contribution is -2.59. The van der Waals surface area contributed by atoms with Crippen molar-refractivity contribution in [2.45, 2.75) is 51.2 Å². The number of nitrogens with zero attached hydrogens (tertiary/aromatic N) is 1. The van der Waals surface area contributed by atoms with Crippen LogP contribution in [0.15, 0.2) is 12.7 Å². The zero-order valence-corrected chi connectivity index (χ0v) is 10.1. The summed E-state index contributed by atoms with van der Waals surface area (Å²) in [5.41, 5.74) is 0. The molecule has 1 N–H and O–H groups in total. The molecule has 15 heavy (non-hydrogen) atoms. The van der Waals surface area contributed by atoms with E-state index in [4.69, 9.17) is 0 Å². The van der Waals surface area contributed by atoms with E-state index in [0.29, 0.717) is 12.1 Å². The van der Waals surface area contributed by atoms with Gasteiger partial charge in [0, 0.05) is 31.2 Å². The van der Waals surface area contributed by atoms with Crippen LogP contribution in [0.1, 0.15) is 33.1 Å². The van der Waals surface area contributed by atoms with Crippen LogP contribution in [0.5, 0.6) is 0 Å². The van der Waals surface area contributed by atoms with Crippen molar-refractivity contribution >= 4 is 0 Å². The first-order chi connectivity index (χ1) is 7.26. The smallest absolute Gasteiger partial charge is 0.0251 e. The minimum absolute atomic E-state index is 0.526. The second-order valence-corrected chi connectivity index (χ2v) is 5.09. The lowest BCUT2D eigenvalue weighted by molar-refractivity contribution is 0.0989. The van der Waals surface area contributed by atoms with Crippen molar-refractivity contribution in [3.8, 4) is 0 Å². The van der Waals surface area contributed by atoms with Crippen LogP contribution < -0.4 is 5.32 Å². The van der Waals surface area contributed by atoms with Gasteiger partial charge in [0.05, 0.1) is 0 Å². The van der Waals surface area contributed by atoms with Gasteiger partial charge in [-0.25, -0.2) is 0 Å². The Labute approximate surface area is 93.7 Å². The van der Waals surface area contributed by atoms with E-state index in [0.717, 1.165) is 18.5 Å². The molecule has 0 aromatic rings. The molecule has 3 atom stereocenters. The highest BCUT2D eigenvalue weighted by Gasteiger charge is 2.37. The Morgan fingerprint density at radius 2 is 2.27 bits per heavy atom. The van der Waals surface area contributed by atoms with Crippen LogP contribution in [0.3, 0.4) is 0 Å². The average Bonchev–Trinajstić information content (AvgIpc) is 3.11. The van der Waals surface area contributed by atoms with Gasteiger partial charge in [-0.2, -0.15) is 0 Å². The molecule has 2 fully saturated rings. The highest BCUT2D eigenvalue weighted by Crippen LogP contribution is 2.34. The van der Waals surface area contributed by atoms with Crippen LogP contribution in [0.2, 0.25) is 0 Å². The molecule has 1 aliphatic heterocycles. The summed E-state index contributed by atoms with van der Waals surface area (Å²) < 4.78 is 0. The molecule has 0 aromatic heterocycles. The monoisotopic (exact) mass is 208 g/mol. The Morgan fingerprint density at radius 3 is 2.80 bits per heavy atom. The maximum atomic E-state index is 3.93. The molecule has 3 unspecified atom stereocenters. The van der Waals surface area contributed by atoms with Gasteiger partial charge in [0.25, 0.3) is 0 Å². The van der Waals surface area contributed by atoms with Gasteiger partial charge in [0.2, 0.25) is 0 Å². The van der Waals surface area contributed by atoms with E-state index < -0.39 is 0 Å². The normalized spacial score (nSPS) is 35.1. The summed E-state index contributed by atoms with van der Waals surface area (Å²) in [5.74, 6) is 0.960. The summed E-state index contributed by atoms with van der Waals surface area (Å²) in [4.78, 5) is 2.63. The molecular weight excluding hydrogens is 184 g/mol. The van der Waals surface area contributed by atoms with Crippen molar-refractivity contribution < 1.29 is 0 Å². The molecule has 1 saturated carbocycles. The highest BCUT2D eigenvalue weighted by molar-refractivity contribution is 4.98. The minimum Gasteiger partial charge on any atom is -0.311 e. The van der Waals surface area contributed by atoms with Crippen LogP contribution in [0.25, 0.3) is 0 Å². The van der Waals surface area contributed by atoms with Crippen LogP contribution in [0.4, 0.5) is 0 Å². The fraction of sp³-hybridized carbons (Fsp3) is 0.846. The fourth-order valence-electron chi connectivity index (χ4n) is 2.67. The van der Waals surface area contributed by atoms with Gasteiger partial charge in [-0.3, -0.25) is 4.90 Å². The molecule has 2 heteroatoms. The van der Waals surface area contributed by atoms with Crippen molar-refractivity contribution in [2.24, 2.45) is 5.92 Å². The van der Waals surface area contributed by atoms with Crippen molar-refractivity contribution in [3.05, 3.63) is 12.7 Å². The predicted molar refractivity (Wildman–Crippen MR) is 65.0 cm³/mol. The van der Waals surface area contributed by atoms with E-state index in [-0.39, 0.29) is 0 Å². The van der Waals surface area contributed by atoms with E-state index in [9.17, 15) is 0 Å². The number of nitrogens with one attached hydrogen (secondary N) is 1. The molecule has 0 aromatic carbocycles. The lowest BCUT2D eigenvalue weighted by atomic mass is 10.0. The number of hydrogen-bond donors (Lipinski definition) is 1. The van der Waals surface area contributed by atoms with Gasteiger partial charge in [-0.05, 0) is 32.1 Å². The zero-order chi connectivity index (χ0) is 10.8. The number of hydrogen-bond acceptors (Lipinski definition) is 2. The third-order valence-corrected chi connectivity index (χ3v) is 4.02. The zero-order valence-electron chi connectivity index (χ0n) is 10.1. The van der Waals surface area contributed by atoms with Gasteiger partial charge in [0.1, 0.15) is 0 Å². The molecule has 86 valence electrons. The summed E-state index contributed by atoms with van der Waals surface area (Å²) in [7, 11) is 0. The van der Waals surface area contributed by atoms with Crippen molar-refractivity contribution in [3.63, 3.8) is 0 Å². The Hall–Kier alpha value is -0.340. The third kappa shape index (κ3) is 2.43. The average molecular weight is 208 g/mol. The van der Waals surface area contributed by atoms with E-state index in [1.54, 1.807) is 0 Å². The maximum Gasteiger partial charge on any atom is 0.0251 e. The van der Waals surface area contributed by atoms with Gasteiger partial charge in [0.15, 0.2) is 0 Å². The van der Waals surface area contributed by atoms with Crippen LogP contribution >= 0.6 is 0 Å². The summed E-state index contributed by atoms with van der Waals surface area (Å²) >= 11 is 0. The van der Waals surface area contributed by atoms with Gasteiger partial charge < -0.3 is 5.32 Å². The van der Waals surface area contributed by atoms with Crippen molar-refractivity contribution in [2.75, 3.05) is 13.1 Å². The Kier molecular flexibility index (Phi) is 3.47. The minimum atomic E-state index is 0.526. The Morgan fingerprint density at radius 1 is 1.53 bits per heavy atom.